The number of aromatic amines is 1. The van der Waals surface area contributed by atoms with Crippen molar-refractivity contribution in [2.45, 2.75) is 18.9 Å². The minimum atomic E-state index is -0.360. The smallest absolute Gasteiger partial charge is 0.240 e. The van der Waals surface area contributed by atoms with Crippen LogP contribution in [0.15, 0.2) is 30.3 Å². The lowest BCUT2D eigenvalue weighted by atomic mass is 10.1. The fourth-order valence-corrected chi connectivity index (χ4v) is 5.12. The van der Waals surface area contributed by atoms with Crippen LogP contribution in [0.1, 0.15) is 12.8 Å². The average Bonchev–Trinajstić information content (AvgIpc) is 3.45. The van der Waals surface area contributed by atoms with Crippen molar-refractivity contribution in [3.8, 4) is 17.0 Å². The Morgan fingerprint density at radius 3 is 2.97 bits per heavy atom. The Balaban J connectivity index is 1.48. The number of ether oxygens (including phenoxy) is 1. The predicted octanol–water partition coefficient (Wildman–Crippen LogP) is 3.51. The molecule has 8 nitrogen and oxygen atoms in total. The highest BCUT2D eigenvalue weighted by molar-refractivity contribution is 7.22. The van der Waals surface area contributed by atoms with Crippen LogP contribution in [0.3, 0.4) is 0 Å². The molecule has 0 radical (unpaired) electrons. The van der Waals surface area contributed by atoms with Crippen molar-refractivity contribution in [1.29, 1.82) is 0 Å². The van der Waals surface area contributed by atoms with Crippen LogP contribution < -0.4 is 26.8 Å². The summed E-state index contributed by atoms with van der Waals surface area (Å²) in [6.07, 6.45) is 2.05. The number of hydrogen-bond acceptors (Lipinski definition) is 7. The summed E-state index contributed by atoms with van der Waals surface area (Å²) in [5, 5.41) is 8.41. The minimum absolute atomic E-state index is 0.309. The zero-order valence-corrected chi connectivity index (χ0v) is 17.5. The summed E-state index contributed by atoms with van der Waals surface area (Å²) in [5.74, 6) is 0.772. The molecule has 2 aliphatic rings. The van der Waals surface area contributed by atoms with E-state index in [1.165, 1.54) is 11.3 Å². The van der Waals surface area contributed by atoms with E-state index in [1.807, 2.05) is 24.3 Å². The van der Waals surface area contributed by atoms with Crippen LogP contribution >= 0.6 is 11.3 Å². The first-order chi connectivity index (χ1) is 15.1. The van der Waals surface area contributed by atoms with Crippen LogP contribution in [0, 0.1) is 5.92 Å². The van der Waals surface area contributed by atoms with E-state index < -0.39 is 0 Å². The van der Waals surface area contributed by atoms with Gasteiger partial charge in [0.05, 0.1) is 32.5 Å². The maximum Gasteiger partial charge on any atom is 0.240 e. The molecule has 0 bridgehead atoms. The monoisotopic (exact) mass is 434 g/mol. The van der Waals surface area contributed by atoms with E-state index in [1.54, 1.807) is 0 Å². The highest BCUT2D eigenvalue weighted by atomic mass is 32.1. The van der Waals surface area contributed by atoms with Gasteiger partial charge in [-0.15, -0.1) is 0 Å². The van der Waals surface area contributed by atoms with Crippen molar-refractivity contribution < 1.29 is 9.53 Å². The highest BCUT2D eigenvalue weighted by Gasteiger charge is 2.35. The van der Waals surface area contributed by atoms with Crippen LogP contribution in [-0.4, -0.2) is 35.1 Å². The van der Waals surface area contributed by atoms with Gasteiger partial charge in [0.15, 0.2) is 5.13 Å². The Bertz CT molecular complexity index is 1340. The average molecular weight is 435 g/mol. The number of H-pyrrole nitrogens is 1. The Hall–Kier alpha value is -3.46. The zero-order chi connectivity index (χ0) is 21.1. The molecule has 0 unspecified atom stereocenters. The molecule has 4 aromatic rings. The largest absolute Gasteiger partial charge is 0.491 e. The fraction of sp³-hybridized carbons (Fsp3) is 0.273. The molecule has 3 heterocycles. The van der Waals surface area contributed by atoms with Crippen molar-refractivity contribution in [1.82, 2.24) is 9.97 Å². The zero-order valence-electron chi connectivity index (χ0n) is 16.7. The molecule has 1 saturated carbocycles. The second-order valence-corrected chi connectivity index (χ2v) is 9.21. The Kier molecular flexibility index (Phi) is 4.01. The van der Waals surface area contributed by atoms with Gasteiger partial charge in [-0.25, -0.2) is 4.98 Å². The molecule has 2 aromatic heterocycles. The lowest BCUT2D eigenvalue weighted by molar-refractivity contribution is -0.119. The van der Waals surface area contributed by atoms with Crippen molar-refractivity contribution in [3.05, 3.63) is 30.3 Å². The number of anilines is 3. The van der Waals surface area contributed by atoms with Gasteiger partial charge < -0.3 is 31.8 Å². The van der Waals surface area contributed by atoms with Crippen molar-refractivity contribution in [2.24, 2.45) is 11.7 Å². The number of thiazole rings is 1. The van der Waals surface area contributed by atoms with E-state index in [0.717, 1.165) is 62.3 Å². The van der Waals surface area contributed by atoms with Gasteiger partial charge >= 0.3 is 0 Å². The number of aromatic nitrogens is 2. The van der Waals surface area contributed by atoms with Crippen molar-refractivity contribution >= 4 is 54.9 Å². The van der Waals surface area contributed by atoms with E-state index >= 15 is 0 Å². The molecule has 7 N–H and O–H groups in total. The third kappa shape index (κ3) is 3.12. The molecular weight excluding hydrogens is 412 g/mol. The fourth-order valence-electron chi connectivity index (χ4n) is 4.35. The summed E-state index contributed by atoms with van der Waals surface area (Å²) < 4.78 is 7.08. The van der Waals surface area contributed by atoms with E-state index in [0.29, 0.717) is 24.2 Å². The van der Waals surface area contributed by atoms with Gasteiger partial charge in [-0.2, -0.15) is 0 Å². The predicted molar refractivity (Wildman–Crippen MR) is 125 cm³/mol. The number of hydrogen-bond donors (Lipinski definition) is 5. The first-order valence-corrected chi connectivity index (χ1v) is 11.2. The molecule has 9 heteroatoms. The number of nitrogens with zero attached hydrogens (tertiary/aromatic N) is 1. The lowest BCUT2D eigenvalue weighted by Gasteiger charge is -2.17. The standard InChI is InChI=1S/C22H22N6O2S/c23-21(29)19(10-1-2-10)26-12-8-14-17-15(9-12)30-6-5-25-20(17)18(27-14)11-3-4-13-16(7-11)31-22(24)28-13/h3-4,7-10,19,25-27H,1-2,5-6H2,(H2,23,29)(H2,24,28)/t19-/m0/s1. The first kappa shape index (κ1) is 18.3. The summed E-state index contributed by atoms with van der Waals surface area (Å²) in [6.45, 7) is 1.25. The molecular formula is C22H22N6O2S. The van der Waals surface area contributed by atoms with Gasteiger partial charge in [0, 0.05) is 23.9 Å². The number of nitrogens with two attached hydrogens (primary N) is 2. The number of benzene rings is 2. The van der Waals surface area contributed by atoms with E-state index in [9.17, 15) is 4.79 Å². The Morgan fingerprint density at radius 1 is 1.29 bits per heavy atom. The van der Waals surface area contributed by atoms with Gasteiger partial charge in [-0.3, -0.25) is 4.79 Å². The normalized spacial score (nSPS) is 16.5. The van der Waals surface area contributed by atoms with Gasteiger partial charge in [0.25, 0.3) is 0 Å². The van der Waals surface area contributed by atoms with Crippen LogP contribution in [0.2, 0.25) is 0 Å². The van der Waals surface area contributed by atoms with Crippen molar-refractivity contribution in [3.63, 3.8) is 0 Å². The molecule has 1 aliphatic carbocycles. The number of primary amides is 1. The quantitative estimate of drug-likeness (QED) is 0.327. The third-order valence-corrected chi connectivity index (χ3v) is 6.79. The molecule has 2 aromatic carbocycles. The minimum Gasteiger partial charge on any atom is -0.491 e. The molecule has 31 heavy (non-hydrogen) atoms. The molecule has 1 aliphatic heterocycles. The molecule has 1 atom stereocenters. The molecule has 1 fully saturated rings. The Morgan fingerprint density at radius 2 is 2.16 bits per heavy atom. The van der Waals surface area contributed by atoms with Gasteiger partial charge in [-0.1, -0.05) is 17.4 Å². The van der Waals surface area contributed by atoms with Gasteiger partial charge in [0.2, 0.25) is 5.91 Å². The maximum absolute atomic E-state index is 11.9. The van der Waals surface area contributed by atoms with E-state index in [-0.39, 0.29) is 11.9 Å². The summed E-state index contributed by atoms with van der Waals surface area (Å²) in [5.41, 5.74) is 17.2. The van der Waals surface area contributed by atoms with E-state index in [2.05, 4.69) is 26.7 Å². The topological polar surface area (TPSA) is 131 Å². The molecule has 0 spiro atoms. The van der Waals surface area contributed by atoms with Crippen molar-refractivity contribution in [2.75, 3.05) is 29.5 Å². The van der Waals surface area contributed by atoms with Crippen LogP contribution in [0.25, 0.3) is 32.4 Å². The number of fused-ring (bicyclic) bond motifs is 1. The summed E-state index contributed by atoms with van der Waals surface area (Å²) in [4.78, 5) is 19.8. The van der Waals surface area contributed by atoms with Crippen LogP contribution in [0.5, 0.6) is 5.75 Å². The number of carbonyl (C=O) groups excluding carboxylic acids is 1. The number of nitrogens with one attached hydrogen (secondary N) is 3. The highest BCUT2D eigenvalue weighted by Crippen LogP contribution is 2.44. The molecule has 6 rings (SSSR count). The number of carbonyl (C=O) groups is 1. The number of amides is 1. The maximum atomic E-state index is 11.9. The Labute approximate surface area is 182 Å². The molecule has 1 amide bonds. The van der Waals surface area contributed by atoms with Crippen LogP contribution in [-0.2, 0) is 4.79 Å². The lowest BCUT2D eigenvalue weighted by Crippen LogP contribution is -2.37. The number of rotatable bonds is 5. The third-order valence-electron chi connectivity index (χ3n) is 5.94. The molecule has 158 valence electrons. The van der Waals surface area contributed by atoms with Crippen LogP contribution in [0.4, 0.5) is 16.5 Å². The molecule has 0 saturated heterocycles. The van der Waals surface area contributed by atoms with Gasteiger partial charge in [0.1, 0.15) is 18.4 Å². The second-order valence-electron chi connectivity index (χ2n) is 8.14. The summed E-state index contributed by atoms with van der Waals surface area (Å²) >= 11 is 1.48. The number of nitrogen functional groups attached to an aromatic ring is 1. The summed E-state index contributed by atoms with van der Waals surface area (Å²) in [7, 11) is 0. The van der Waals surface area contributed by atoms with Gasteiger partial charge in [-0.05, 0) is 37.0 Å². The van der Waals surface area contributed by atoms with E-state index in [4.69, 9.17) is 16.2 Å². The SMILES string of the molecule is NC(=O)[C@@H](Nc1cc2c3c(c(-c4ccc5nc(N)sc5c4)[nH]c3c1)NCCO2)C1CC1. The second kappa shape index (κ2) is 6.78. The summed E-state index contributed by atoms with van der Waals surface area (Å²) in [6, 6.07) is 9.76. The first-order valence-electron chi connectivity index (χ1n) is 10.4.